The van der Waals surface area contributed by atoms with Crippen molar-refractivity contribution in [3.05, 3.63) is 64.2 Å². The molecule has 0 aliphatic carbocycles. The van der Waals surface area contributed by atoms with Gasteiger partial charge in [0, 0.05) is 37.3 Å². The third-order valence-electron chi connectivity index (χ3n) is 6.17. The Bertz CT molecular complexity index is 1710. The van der Waals surface area contributed by atoms with Gasteiger partial charge in [0.2, 0.25) is 0 Å². The van der Waals surface area contributed by atoms with E-state index in [0.717, 1.165) is 35.1 Å². The number of thiophene rings is 2. The number of fused-ring (bicyclic) bond motifs is 4. The molecule has 12 heteroatoms. The van der Waals surface area contributed by atoms with Gasteiger partial charge in [-0.1, -0.05) is 45.0 Å². The summed E-state index contributed by atoms with van der Waals surface area (Å²) in [6, 6.07) is 8.31. The highest BCUT2D eigenvalue weighted by atomic mass is 32.1. The first-order valence-electron chi connectivity index (χ1n) is 11.0. The second kappa shape index (κ2) is 8.32. The van der Waals surface area contributed by atoms with Gasteiger partial charge in [0.15, 0.2) is 0 Å². The van der Waals surface area contributed by atoms with Gasteiger partial charge in [-0.15, -0.1) is 22.7 Å². The number of hydrogen-bond acceptors (Lipinski definition) is 3. The molecule has 0 amide bonds. The molecule has 200 valence electrons. The van der Waals surface area contributed by atoms with Crippen LogP contribution in [0.1, 0.15) is 42.3 Å². The summed E-state index contributed by atoms with van der Waals surface area (Å²) in [4.78, 5) is 2.22. The summed E-state index contributed by atoms with van der Waals surface area (Å²) in [5, 5.41) is -0.404. The van der Waals surface area contributed by atoms with E-state index < -0.39 is 39.9 Å². The summed E-state index contributed by atoms with van der Waals surface area (Å²) >= 11 is 0.987. The quantitative estimate of drug-likeness (QED) is 0.181. The molecule has 5 rings (SSSR count). The van der Waals surface area contributed by atoms with Gasteiger partial charge < -0.3 is 0 Å². The summed E-state index contributed by atoms with van der Waals surface area (Å²) in [7, 11) is 0. The van der Waals surface area contributed by atoms with Crippen LogP contribution in [0.3, 0.4) is 0 Å². The summed E-state index contributed by atoms with van der Waals surface area (Å²) in [5.74, 6) is 0. The molecule has 0 saturated heterocycles. The maximum Gasteiger partial charge on any atom is 0.426 e. The van der Waals surface area contributed by atoms with Crippen LogP contribution in [0, 0.1) is 0 Å². The lowest BCUT2D eigenvalue weighted by molar-refractivity contribution is -0.158. The minimum absolute atomic E-state index is 0.0453. The third-order valence-corrected chi connectivity index (χ3v) is 8.53. The average molecular weight is 578 g/mol. The molecule has 0 saturated carbocycles. The van der Waals surface area contributed by atoms with Crippen LogP contribution in [0.15, 0.2) is 42.6 Å². The second-order valence-corrected chi connectivity index (χ2v) is 11.9. The lowest BCUT2D eigenvalue weighted by atomic mass is 9.86. The maximum atomic E-state index is 14.0. The van der Waals surface area contributed by atoms with E-state index in [1.807, 2.05) is 20.8 Å². The molecule has 0 spiro atoms. The van der Waals surface area contributed by atoms with Crippen molar-refractivity contribution in [1.82, 2.24) is 4.98 Å². The number of aromatic nitrogens is 1. The molecule has 0 bridgehead atoms. The molecule has 3 heterocycles. The van der Waals surface area contributed by atoms with Gasteiger partial charge in [0.05, 0.1) is 21.5 Å². The van der Waals surface area contributed by atoms with Crippen LogP contribution in [-0.2, 0) is 23.9 Å². The first-order valence-corrected chi connectivity index (χ1v) is 12.6. The fourth-order valence-electron chi connectivity index (χ4n) is 4.40. The van der Waals surface area contributed by atoms with E-state index in [4.69, 9.17) is 0 Å². The second-order valence-electron chi connectivity index (χ2n) is 9.80. The minimum Gasteiger partial charge on any atom is -0.254 e. The minimum atomic E-state index is -5.25. The van der Waals surface area contributed by atoms with Crippen molar-refractivity contribution in [2.75, 3.05) is 0 Å². The topological polar surface area (TPSA) is 12.9 Å². The maximum absolute atomic E-state index is 14.0. The molecular weight excluding hydrogens is 561 g/mol. The molecular formula is C26H16F9NS2. The molecule has 0 unspecified atom stereocenters. The fourth-order valence-corrected chi connectivity index (χ4v) is 6.80. The zero-order valence-electron chi connectivity index (χ0n) is 19.7. The first-order chi connectivity index (χ1) is 17.4. The molecule has 2 aromatic carbocycles. The predicted molar refractivity (Wildman–Crippen MR) is 132 cm³/mol. The Hall–Kier alpha value is -2.86. The standard InChI is InChI=1S/C26H16F9NS2/c1-23(2,3)12-5-7-13-17(9-12)37-21-18(13)15(24(27,28)29)10-36-20(21)11-4-6-14-16(8-11)38-22(26(33,34)35)19(14)25(30,31)32/h4-10H,1-3H3. The van der Waals surface area contributed by atoms with Crippen molar-refractivity contribution in [1.29, 1.82) is 0 Å². The number of halogens is 9. The van der Waals surface area contributed by atoms with Crippen LogP contribution < -0.4 is 0 Å². The van der Waals surface area contributed by atoms with Gasteiger partial charge in [-0.05, 0) is 23.1 Å². The van der Waals surface area contributed by atoms with Gasteiger partial charge in [0.1, 0.15) is 4.88 Å². The number of rotatable bonds is 1. The van der Waals surface area contributed by atoms with E-state index in [-0.39, 0.29) is 42.8 Å². The largest absolute Gasteiger partial charge is 0.426 e. The summed E-state index contributed by atoms with van der Waals surface area (Å²) in [5.41, 5.74) is -1.99. The van der Waals surface area contributed by atoms with Crippen molar-refractivity contribution in [2.24, 2.45) is 0 Å². The van der Waals surface area contributed by atoms with Crippen molar-refractivity contribution >= 4 is 52.9 Å². The van der Waals surface area contributed by atoms with Gasteiger partial charge in [-0.3, -0.25) is 4.98 Å². The van der Waals surface area contributed by atoms with Crippen LogP contribution in [0.25, 0.3) is 41.5 Å². The normalized spacial score (nSPS) is 13.8. The summed E-state index contributed by atoms with van der Waals surface area (Å²) in [6.45, 7) is 5.86. The van der Waals surface area contributed by atoms with E-state index in [2.05, 4.69) is 4.98 Å². The highest BCUT2D eigenvalue weighted by Gasteiger charge is 2.46. The number of pyridine rings is 1. The zero-order valence-corrected chi connectivity index (χ0v) is 21.3. The summed E-state index contributed by atoms with van der Waals surface area (Å²) in [6.07, 6.45) is -14.6. The fraction of sp³-hybridized carbons (Fsp3) is 0.269. The molecule has 0 fully saturated rings. The summed E-state index contributed by atoms with van der Waals surface area (Å²) < 4.78 is 123. The van der Waals surface area contributed by atoms with E-state index in [1.54, 1.807) is 18.2 Å². The van der Waals surface area contributed by atoms with Gasteiger partial charge in [0.25, 0.3) is 0 Å². The van der Waals surface area contributed by atoms with Crippen molar-refractivity contribution < 1.29 is 39.5 Å². The van der Waals surface area contributed by atoms with Gasteiger partial charge in [-0.2, -0.15) is 39.5 Å². The molecule has 5 aromatic rings. The van der Waals surface area contributed by atoms with Crippen LogP contribution in [0.4, 0.5) is 39.5 Å². The SMILES string of the molecule is CC(C)(C)c1ccc2c(c1)sc1c(-c3ccc4c(C(F)(F)F)c(C(F)(F)F)sc4c3)ncc(C(F)(F)F)c12. The smallest absolute Gasteiger partial charge is 0.254 e. The van der Waals surface area contributed by atoms with Crippen LogP contribution in [-0.4, -0.2) is 4.98 Å². The van der Waals surface area contributed by atoms with E-state index in [9.17, 15) is 39.5 Å². The lowest BCUT2D eigenvalue weighted by Gasteiger charge is -2.18. The Morgan fingerprint density at radius 3 is 1.89 bits per heavy atom. The van der Waals surface area contributed by atoms with Crippen molar-refractivity contribution in [3.63, 3.8) is 0 Å². The van der Waals surface area contributed by atoms with Gasteiger partial charge in [-0.25, -0.2) is 0 Å². The van der Waals surface area contributed by atoms with Crippen LogP contribution >= 0.6 is 22.7 Å². The monoisotopic (exact) mass is 577 g/mol. The molecule has 0 aliphatic heterocycles. The van der Waals surface area contributed by atoms with E-state index in [1.165, 1.54) is 0 Å². The van der Waals surface area contributed by atoms with Crippen molar-refractivity contribution in [3.8, 4) is 11.3 Å². The number of benzene rings is 2. The number of nitrogens with zero attached hydrogens (tertiary/aromatic N) is 1. The Balaban J connectivity index is 1.81. The first kappa shape index (κ1) is 26.7. The molecule has 1 nitrogen and oxygen atoms in total. The molecule has 0 atom stereocenters. The predicted octanol–water partition coefficient (Wildman–Crippen LogP) is 10.7. The Labute approximate surface area is 217 Å². The van der Waals surface area contributed by atoms with Crippen molar-refractivity contribution in [2.45, 2.75) is 44.7 Å². The average Bonchev–Trinajstić information content (AvgIpc) is 3.35. The van der Waals surface area contributed by atoms with E-state index >= 15 is 0 Å². The highest BCUT2D eigenvalue weighted by Crippen LogP contribution is 2.50. The molecule has 3 aromatic heterocycles. The highest BCUT2D eigenvalue weighted by molar-refractivity contribution is 7.26. The molecule has 38 heavy (non-hydrogen) atoms. The lowest BCUT2D eigenvalue weighted by Crippen LogP contribution is -2.13. The van der Waals surface area contributed by atoms with Gasteiger partial charge >= 0.3 is 18.5 Å². The molecule has 0 aliphatic rings. The molecule has 0 radical (unpaired) electrons. The number of hydrogen-bond donors (Lipinski definition) is 0. The van der Waals surface area contributed by atoms with Crippen LogP contribution in [0.2, 0.25) is 0 Å². The Morgan fingerprint density at radius 1 is 0.684 bits per heavy atom. The molecule has 0 N–H and O–H groups in total. The zero-order chi connectivity index (χ0) is 28.0. The van der Waals surface area contributed by atoms with Crippen LogP contribution in [0.5, 0.6) is 0 Å². The Morgan fingerprint density at radius 2 is 1.32 bits per heavy atom. The third kappa shape index (κ3) is 4.41. The Kier molecular flexibility index (Phi) is 5.85. The number of alkyl halides is 9. The van der Waals surface area contributed by atoms with E-state index in [0.29, 0.717) is 16.3 Å².